The van der Waals surface area contributed by atoms with E-state index in [0.717, 1.165) is 18.9 Å². The molecule has 26 heavy (non-hydrogen) atoms. The highest BCUT2D eigenvalue weighted by molar-refractivity contribution is 7.89. The van der Waals surface area contributed by atoms with Crippen molar-refractivity contribution < 1.29 is 23.1 Å². The van der Waals surface area contributed by atoms with Gasteiger partial charge in [-0.2, -0.15) is 0 Å². The van der Waals surface area contributed by atoms with Crippen LogP contribution >= 0.6 is 0 Å². The molecule has 7 nitrogen and oxygen atoms in total. The monoisotopic (exact) mass is 378 g/mol. The molecule has 0 aliphatic rings. The summed E-state index contributed by atoms with van der Waals surface area (Å²) in [5.74, 6) is -0.806. The summed E-state index contributed by atoms with van der Waals surface area (Å²) in [6.07, 6.45) is 1.78. The molecule has 8 heteroatoms. The Bertz CT molecular complexity index is 882. The van der Waals surface area contributed by atoms with Crippen LogP contribution in [0.25, 0.3) is 0 Å². The molecular weight excluding hydrogens is 356 g/mol. The van der Waals surface area contributed by atoms with Crippen LogP contribution in [0.3, 0.4) is 0 Å². The van der Waals surface area contributed by atoms with Crippen molar-refractivity contribution in [1.29, 1.82) is 0 Å². The van der Waals surface area contributed by atoms with Crippen LogP contribution in [-0.2, 0) is 10.0 Å². The quantitative estimate of drug-likeness (QED) is 0.730. The molecule has 0 heterocycles. The number of anilines is 1. The van der Waals surface area contributed by atoms with Gasteiger partial charge in [0.05, 0.1) is 11.3 Å². The molecule has 0 atom stereocenters. The van der Waals surface area contributed by atoms with Crippen molar-refractivity contribution in [2.24, 2.45) is 5.14 Å². The summed E-state index contributed by atoms with van der Waals surface area (Å²) in [5, 5.41) is 14.7. The van der Waals surface area contributed by atoms with Crippen LogP contribution in [0.15, 0.2) is 47.4 Å². The number of hydrogen-bond donors (Lipinski definition) is 2. The maximum absolute atomic E-state index is 12.1. The van der Waals surface area contributed by atoms with E-state index in [4.69, 9.17) is 9.88 Å². The van der Waals surface area contributed by atoms with Crippen molar-refractivity contribution in [1.82, 2.24) is 0 Å². The van der Waals surface area contributed by atoms with E-state index in [9.17, 15) is 18.3 Å². The minimum atomic E-state index is -4.20. The molecule has 2 rings (SSSR count). The molecular formula is C18H22N2O5S. The predicted molar refractivity (Wildman–Crippen MR) is 99.5 cm³/mol. The van der Waals surface area contributed by atoms with E-state index in [0.29, 0.717) is 18.0 Å². The summed E-state index contributed by atoms with van der Waals surface area (Å²) in [6.45, 7) is 2.63. The van der Waals surface area contributed by atoms with Crippen molar-refractivity contribution in [2.75, 3.05) is 18.5 Å². The third kappa shape index (κ3) is 4.74. The van der Waals surface area contributed by atoms with Crippen molar-refractivity contribution in [3.8, 4) is 11.5 Å². The van der Waals surface area contributed by atoms with Gasteiger partial charge < -0.3 is 14.7 Å². The number of unbranched alkanes of at least 4 members (excludes halogenated alkanes) is 1. The Hall–Kier alpha value is -2.58. The number of para-hydroxylation sites is 1. The average Bonchev–Trinajstić information content (AvgIpc) is 2.59. The number of primary sulfonamides is 1. The molecule has 2 aromatic rings. The minimum absolute atomic E-state index is 0.0160. The van der Waals surface area contributed by atoms with Crippen LogP contribution in [0, 0.1) is 0 Å². The zero-order chi connectivity index (χ0) is 19.3. The van der Waals surface area contributed by atoms with Crippen LogP contribution in [0.4, 0.5) is 5.69 Å². The molecule has 3 N–H and O–H groups in total. The Kier molecular flexibility index (Phi) is 6.23. The number of ether oxygens (including phenoxy) is 1. The second kappa shape index (κ2) is 8.20. The van der Waals surface area contributed by atoms with Gasteiger partial charge in [-0.3, -0.25) is 0 Å². The summed E-state index contributed by atoms with van der Waals surface area (Å²) in [7, 11) is -2.45. The molecule has 0 aliphatic carbocycles. The Morgan fingerprint density at radius 1 is 1.23 bits per heavy atom. The number of nitrogens with two attached hydrogens (primary N) is 1. The summed E-state index contributed by atoms with van der Waals surface area (Å²) >= 11 is 0. The van der Waals surface area contributed by atoms with Crippen molar-refractivity contribution in [3.63, 3.8) is 0 Å². The van der Waals surface area contributed by atoms with Gasteiger partial charge in [0.25, 0.3) is 0 Å². The Labute approximate surface area is 153 Å². The zero-order valence-electron chi connectivity index (χ0n) is 14.7. The Morgan fingerprint density at radius 3 is 2.42 bits per heavy atom. The molecule has 0 radical (unpaired) electrons. The van der Waals surface area contributed by atoms with Crippen LogP contribution in [-0.4, -0.2) is 33.1 Å². The average molecular weight is 378 g/mol. The number of aromatic carboxylic acids is 1. The van der Waals surface area contributed by atoms with E-state index in [1.807, 2.05) is 6.92 Å². The zero-order valence-corrected chi connectivity index (χ0v) is 15.5. The summed E-state index contributed by atoms with van der Waals surface area (Å²) in [4.78, 5) is 12.8. The van der Waals surface area contributed by atoms with Gasteiger partial charge in [0.1, 0.15) is 10.6 Å². The fourth-order valence-corrected chi connectivity index (χ4v) is 3.13. The van der Waals surface area contributed by atoms with E-state index < -0.39 is 16.0 Å². The first-order valence-electron chi connectivity index (χ1n) is 8.12. The SMILES string of the molecule is CCCCN(C)c1cc(C(=O)O)cc(S(N)(=O)=O)c1Oc1ccccc1. The first-order valence-corrected chi connectivity index (χ1v) is 9.66. The number of sulfonamides is 1. The lowest BCUT2D eigenvalue weighted by atomic mass is 10.1. The van der Waals surface area contributed by atoms with E-state index >= 15 is 0 Å². The predicted octanol–water partition coefficient (Wildman–Crippen LogP) is 3.06. The number of carboxylic acid groups (broad SMARTS) is 1. The van der Waals surface area contributed by atoms with Gasteiger partial charge >= 0.3 is 5.97 Å². The number of nitrogens with zero attached hydrogens (tertiary/aromatic N) is 1. The number of hydrogen-bond acceptors (Lipinski definition) is 5. The first kappa shape index (κ1) is 19.7. The summed E-state index contributed by atoms with van der Waals surface area (Å²) < 4.78 is 30.0. The third-order valence-electron chi connectivity index (χ3n) is 3.81. The number of benzene rings is 2. The third-order valence-corrected chi connectivity index (χ3v) is 4.73. The lowest BCUT2D eigenvalue weighted by Crippen LogP contribution is -2.22. The van der Waals surface area contributed by atoms with Crippen molar-refractivity contribution in [2.45, 2.75) is 24.7 Å². The second-order valence-corrected chi connectivity index (χ2v) is 7.39. The summed E-state index contributed by atoms with van der Waals surface area (Å²) in [5.41, 5.74) is 0.180. The van der Waals surface area contributed by atoms with E-state index in [1.165, 1.54) is 6.07 Å². The first-order chi connectivity index (χ1) is 12.2. The highest BCUT2D eigenvalue weighted by Gasteiger charge is 2.25. The van der Waals surface area contributed by atoms with Crippen LogP contribution in [0.2, 0.25) is 0 Å². The van der Waals surface area contributed by atoms with Gasteiger partial charge in [0, 0.05) is 13.6 Å². The lowest BCUT2D eigenvalue weighted by Gasteiger charge is -2.24. The van der Waals surface area contributed by atoms with E-state index in [1.54, 1.807) is 42.3 Å². The van der Waals surface area contributed by atoms with Crippen LogP contribution < -0.4 is 14.8 Å². The van der Waals surface area contributed by atoms with Gasteiger partial charge in [-0.25, -0.2) is 18.4 Å². The van der Waals surface area contributed by atoms with Gasteiger partial charge in [-0.1, -0.05) is 31.5 Å². The van der Waals surface area contributed by atoms with Crippen molar-refractivity contribution in [3.05, 3.63) is 48.0 Å². The number of carboxylic acids is 1. The molecule has 140 valence electrons. The van der Waals surface area contributed by atoms with Crippen LogP contribution in [0.1, 0.15) is 30.1 Å². The smallest absolute Gasteiger partial charge is 0.335 e. The highest BCUT2D eigenvalue weighted by Crippen LogP contribution is 2.39. The topological polar surface area (TPSA) is 110 Å². The van der Waals surface area contributed by atoms with E-state index in [2.05, 4.69) is 0 Å². The molecule has 0 unspecified atom stereocenters. The fourth-order valence-electron chi connectivity index (χ4n) is 2.43. The minimum Gasteiger partial charge on any atom is -0.478 e. The molecule has 0 aromatic heterocycles. The molecule has 0 spiro atoms. The summed E-state index contributed by atoms with van der Waals surface area (Å²) in [6, 6.07) is 11.1. The molecule has 0 bridgehead atoms. The number of carbonyl (C=O) groups is 1. The molecule has 0 aliphatic heterocycles. The van der Waals surface area contributed by atoms with Gasteiger partial charge in [0.2, 0.25) is 10.0 Å². The fraction of sp³-hybridized carbons (Fsp3) is 0.278. The van der Waals surface area contributed by atoms with Gasteiger partial charge in [-0.15, -0.1) is 0 Å². The Balaban J connectivity index is 2.68. The molecule has 2 aromatic carbocycles. The molecule has 0 fully saturated rings. The molecule has 0 amide bonds. The highest BCUT2D eigenvalue weighted by atomic mass is 32.2. The lowest BCUT2D eigenvalue weighted by molar-refractivity contribution is 0.0696. The Morgan fingerprint density at radius 2 is 1.88 bits per heavy atom. The normalized spacial score (nSPS) is 11.2. The standard InChI is InChI=1S/C18H22N2O5S/c1-3-4-10-20(2)15-11-13(18(21)22)12-16(26(19,23)24)17(15)25-14-8-6-5-7-9-14/h5-9,11-12H,3-4,10H2,1-2H3,(H,21,22)(H2,19,23,24). The molecule has 0 saturated carbocycles. The largest absolute Gasteiger partial charge is 0.478 e. The second-order valence-electron chi connectivity index (χ2n) is 5.86. The van der Waals surface area contributed by atoms with Crippen LogP contribution in [0.5, 0.6) is 11.5 Å². The van der Waals surface area contributed by atoms with Gasteiger partial charge in [0.15, 0.2) is 5.75 Å². The van der Waals surface area contributed by atoms with Gasteiger partial charge in [-0.05, 0) is 30.7 Å². The maximum atomic E-state index is 12.1. The number of rotatable bonds is 8. The van der Waals surface area contributed by atoms with Crippen molar-refractivity contribution >= 4 is 21.7 Å². The molecule has 0 saturated heterocycles. The maximum Gasteiger partial charge on any atom is 0.335 e. The van der Waals surface area contributed by atoms with E-state index in [-0.39, 0.29) is 16.2 Å².